The number of amides is 1. The van der Waals surface area contributed by atoms with Crippen molar-refractivity contribution in [2.75, 3.05) is 19.7 Å². The third-order valence-electron chi connectivity index (χ3n) is 5.59. The van der Waals surface area contributed by atoms with Crippen LogP contribution in [-0.4, -0.2) is 36.9 Å². The van der Waals surface area contributed by atoms with Crippen LogP contribution in [0.5, 0.6) is 11.5 Å². The molecule has 5 N–H and O–H groups in total. The van der Waals surface area contributed by atoms with Crippen LogP contribution in [0.4, 0.5) is 0 Å². The van der Waals surface area contributed by atoms with E-state index >= 15 is 0 Å². The van der Waals surface area contributed by atoms with Crippen molar-refractivity contribution >= 4 is 38.8 Å². The first-order valence-corrected chi connectivity index (χ1v) is 12.4. The van der Waals surface area contributed by atoms with Gasteiger partial charge >= 0.3 is 0 Å². The number of phenols is 1. The highest BCUT2D eigenvalue weighted by Gasteiger charge is 2.05. The SMILES string of the molecule is Cc1cc(C(N)=O)ccc1O.N=Cc1ccc(OCCNCCc2ccc(Br)cc2)c2ccccc12. The van der Waals surface area contributed by atoms with Crippen LogP contribution in [0.2, 0.25) is 0 Å². The number of hydrogen-bond donors (Lipinski definition) is 4. The van der Waals surface area contributed by atoms with Crippen LogP contribution in [0.1, 0.15) is 27.0 Å². The maximum Gasteiger partial charge on any atom is 0.248 e. The number of phenolic OH excluding ortho intramolecular Hbond substituents is 1. The van der Waals surface area contributed by atoms with Crippen LogP contribution in [-0.2, 0) is 6.42 Å². The summed E-state index contributed by atoms with van der Waals surface area (Å²) in [6.45, 7) is 4.06. The van der Waals surface area contributed by atoms with Crippen LogP contribution < -0.4 is 15.8 Å². The first-order valence-electron chi connectivity index (χ1n) is 11.6. The second kappa shape index (κ2) is 13.4. The molecular formula is C29H30BrN3O3. The maximum absolute atomic E-state index is 10.6. The molecule has 0 radical (unpaired) electrons. The highest BCUT2D eigenvalue weighted by atomic mass is 79.9. The van der Waals surface area contributed by atoms with Gasteiger partial charge in [-0.05, 0) is 78.9 Å². The number of rotatable bonds is 9. The number of hydrogen-bond acceptors (Lipinski definition) is 5. The van der Waals surface area contributed by atoms with Gasteiger partial charge in [0.25, 0.3) is 0 Å². The minimum atomic E-state index is -0.479. The van der Waals surface area contributed by atoms with Gasteiger partial charge in [-0.2, -0.15) is 0 Å². The summed E-state index contributed by atoms with van der Waals surface area (Å²) in [5, 5.41) is 22.1. The van der Waals surface area contributed by atoms with Gasteiger partial charge in [-0.1, -0.05) is 52.3 Å². The summed E-state index contributed by atoms with van der Waals surface area (Å²) in [5.41, 5.74) is 8.32. The van der Waals surface area contributed by atoms with Crippen molar-refractivity contribution in [2.45, 2.75) is 13.3 Å². The van der Waals surface area contributed by atoms with Gasteiger partial charge in [0, 0.05) is 33.7 Å². The fourth-order valence-electron chi connectivity index (χ4n) is 3.60. The Kier molecular flexibility index (Phi) is 10.0. The average molecular weight is 548 g/mol. The van der Waals surface area contributed by atoms with E-state index in [1.165, 1.54) is 23.9 Å². The molecular weight excluding hydrogens is 518 g/mol. The number of ether oxygens (including phenoxy) is 1. The molecule has 0 aliphatic rings. The molecule has 4 aromatic carbocycles. The van der Waals surface area contributed by atoms with Crippen molar-refractivity contribution < 1.29 is 14.6 Å². The number of nitrogens with two attached hydrogens (primary N) is 1. The summed E-state index contributed by atoms with van der Waals surface area (Å²) < 4.78 is 7.05. The third-order valence-corrected chi connectivity index (χ3v) is 6.12. The van der Waals surface area contributed by atoms with Gasteiger partial charge < -0.3 is 26.3 Å². The van der Waals surface area contributed by atoms with Crippen LogP contribution in [0.15, 0.2) is 83.3 Å². The number of carbonyl (C=O) groups excluding carboxylic acids is 1. The molecule has 0 aliphatic heterocycles. The number of benzene rings is 4. The van der Waals surface area contributed by atoms with E-state index in [2.05, 4.69) is 45.5 Å². The van der Waals surface area contributed by atoms with Crippen LogP contribution in [0.3, 0.4) is 0 Å². The van der Waals surface area contributed by atoms with Gasteiger partial charge in [0.05, 0.1) is 0 Å². The zero-order valence-corrected chi connectivity index (χ0v) is 21.7. The Labute approximate surface area is 219 Å². The number of primary amides is 1. The van der Waals surface area contributed by atoms with Crippen LogP contribution in [0.25, 0.3) is 10.8 Å². The molecule has 1 amide bonds. The summed E-state index contributed by atoms with van der Waals surface area (Å²) in [6, 6.07) is 24.9. The zero-order valence-electron chi connectivity index (χ0n) is 20.1. The molecule has 4 aromatic rings. The van der Waals surface area contributed by atoms with E-state index in [4.69, 9.17) is 21.0 Å². The summed E-state index contributed by atoms with van der Waals surface area (Å²) in [6.07, 6.45) is 2.39. The number of fused-ring (bicyclic) bond motifs is 1. The maximum atomic E-state index is 10.6. The van der Waals surface area contributed by atoms with Gasteiger partial charge in [0.2, 0.25) is 5.91 Å². The molecule has 0 saturated carbocycles. The van der Waals surface area contributed by atoms with E-state index < -0.39 is 5.91 Å². The normalized spacial score (nSPS) is 10.4. The Morgan fingerprint density at radius 1 is 1.03 bits per heavy atom. The van der Waals surface area contributed by atoms with E-state index in [-0.39, 0.29) is 5.75 Å². The molecule has 0 aliphatic carbocycles. The fourth-order valence-corrected chi connectivity index (χ4v) is 3.86. The van der Waals surface area contributed by atoms with Gasteiger partial charge in [-0.15, -0.1) is 0 Å². The molecule has 4 rings (SSSR count). The Morgan fingerprint density at radius 2 is 1.75 bits per heavy atom. The zero-order chi connectivity index (χ0) is 25.9. The minimum absolute atomic E-state index is 0.176. The van der Waals surface area contributed by atoms with Crippen LogP contribution in [0, 0.1) is 12.3 Å². The van der Waals surface area contributed by atoms with Gasteiger partial charge in [0.1, 0.15) is 18.1 Å². The second-order valence-corrected chi connectivity index (χ2v) is 9.10. The molecule has 0 aromatic heterocycles. The Bertz CT molecular complexity index is 1320. The molecule has 0 unspecified atom stereocenters. The monoisotopic (exact) mass is 547 g/mol. The molecule has 0 fully saturated rings. The molecule has 0 bridgehead atoms. The summed E-state index contributed by atoms with van der Waals surface area (Å²) >= 11 is 3.45. The van der Waals surface area contributed by atoms with E-state index in [9.17, 15) is 4.79 Å². The summed E-state index contributed by atoms with van der Waals surface area (Å²) in [4.78, 5) is 10.6. The van der Waals surface area contributed by atoms with E-state index in [1.54, 1.807) is 13.0 Å². The Balaban J connectivity index is 0.000000275. The van der Waals surface area contributed by atoms with Gasteiger partial charge in [0.15, 0.2) is 0 Å². The molecule has 6 nitrogen and oxygen atoms in total. The molecule has 7 heteroatoms. The first kappa shape index (κ1) is 26.9. The van der Waals surface area contributed by atoms with Crippen LogP contribution >= 0.6 is 15.9 Å². The number of nitrogens with one attached hydrogen (secondary N) is 2. The quantitative estimate of drug-likeness (QED) is 0.161. The number of aromatic hydroxyl groups is 1. The number of halogens is 1. The number of aryl methyl sites for hydroxylation is 1. The standard InChI is InChI=1S/C21H21BrN2O.C8H9NO2/c22-18-8-5-16(6-9-18)11-12-24-13-14-25-21-10-7-17(15-23)19-3-1-2-4-20(19)21;1-5-4-6(8(9)11)2-3-7(5)10/h1-10,15,23-24H,11-14H2;2-4,10H,1H3,(H2,9,11). The highest BCUT2D eigenvalue weighted by molar-refractivity contribution is 9.10. The minimum Gasteiger partial charge on any atom is -0.508 e. The largest absolute Gasteiger partial charge is 0.508 e. The number of carbonyl (C=O) groups is 1. The topological polar surface area (TPSA) is 108 Å². The molecule has 0 heterocycles. The van der Waals surface area contributed by atoms with E-state index in [0.717, 1.165) is 46.1 Å². The average Bonchev–Trinajstić information content (AvgIpc) is 2.89. The Hall–Kier alpha value is -3.68. The smallest absolute Gasteiger partial charge is 0.248 e. The van der Waals surface area contributed by atoms with Crippen molar-refractivity contribution in [2.24, 2.45) is 5.73 Å². The van der Waals surface area contributed by atoms with Crippen molar-refractivity contribution in [3.8, 4) is 11.5 Å². The lowest BCUT2D eigenvalue weighted by Gasteiger charge is -2.11. The predicted molar refractivity (Wildman–Crippen MR) is 149 cm³/mol. The van der Waals surface area contributed by atoms with Gasteiger partial charge in [-0.25, -0.2) is 0 Å². The van der Waals surface area contributed by atoms with Crippen molar-refractivity contribution in [3.63, 3.8) is 0 Å². The van der Waals surface area contributed by atoms with Crippen molar-refractivity contribution in [1.82, 2.24) is 5.32 Å². The lowest BCUT2D eigenvalue weighted by Crippen LogP contribution is -2.23. The lowest BCUT2D eigenvalue weighted by molar-refractivity contribution is 0.1000. The fraction of sp³-hybridized carbons (Fsp3) is 0.172. The molecule has 0 saturated heterocycles. The Morgan fingerprint density at radius 3 is 2.42 bits per heavy atom. The molecule has 0 atom stereocenters. The second-order valence-electron chi connectivity index (χ2n) is 8.18. The van der Waals surface area contributed by atoms with Crippen molar-refractivity contribution in [3.05, 3.63) is 106 Å². The summed E-state index contributed by atoms with van der Waals surface area (Å²) in [7, 11) is 0. The first-order chi connectivity index (χ1) is 17.4. The third kappa shape index (κ3) is 7.66. The van der Waals surface area contributed by atoms with E-state index in [0.29, 0.717) is 17.7 Å². The lowest BCUT2D eigenvalue weighted by atomic mass is 10.0. The highest BCUT2D eigenvalue weighted by Crippen LogP contribution is 2.27. The predicted octanol–water partition coefficient (Wildman–Crippen LogP) is 5.61. The molecule has 186 valence electrons. The van der Waals surface area contributed by atoms with Crippen molar-refractivity contribution in [1.29, 1.82) is 5.41 Å². The molecule has 36 heavy (non-hydrogen) atoms. The van der Waals surface area contributed by atoms with E-state index in [1.807, 2.05) is 36.4 Å². The summed E-state index contributed by atoms with van der Waals surface area (Å²) in [5.74, 6) is 0.569. The van der Waals surface area contributed by atoms with Gasteiger partial charge in [-0.3, -0.25) is 4.79 Å². The molecule has 0 spiro atoms.